The smallest absolute Gasteiger partial charge is 0.279 e. The number of hydrogen-bond donors (Lipinski definition) is 1. The van der Waals surface area contributed by atoms with E-state index in [0.717, 1.165) is 5.56 Å². The molecule has 5 heteroatoms. The Morgan fingerprint density at radius 1 is 1.40 bits per heavy atom. The monoisotopic (exact) mass is 205 g/mol. The van der Waals surface area contributed by atoms with Crippen molar-refractivity contribution < 1.29 is 10.2 Å². The van der Waals surface area contributed by atoms with E-state index in [4.69, 9.17) is 11.8 Å². The summed E-state index contributed by atoms with van der Waals surface area (Å²) in [6.45, 7) is 10.6. The largest absolute Gasteiger partial charge is 0.367 e. The minimum atomic E-state index is -1.16. The molecule has 0 aliphatic heterocycles. The zero-order valence-electron chi connectivity index (χ0n) is 8.51. The first-order chi connectivity index (χ1) is 7.12. The molecule has 1 N–H and O–H groups in total. The van der Waals surface area contributed by atoms with Crippen molar-refractivity contribution in [3.05, 3.63) is 46.8 Å². The van der Waals surface area contributed by atoms with E-state index in [0.29, 0.717) is 5.56 Å². The fourth-order valence-electron chi connectivity index (χ4n) is 1.11. The highest BCUT2D eigenvalue weighted by Gasteiger charge is 2.33. The molecule has 0 radical (unpaired) electrons. The number of aryl methyl sites for hydroxylation is 1. The molecule has 78 valence electrons. The second-order valence-corrected chi connectivity index (χ2v) is 3.26. The van der Waals surface area contributed by atoms with Gasteiger partial charge in [0.2, 0.25) is 0 Å². The fourth-order valence-corrected chi connectivity index (χ4v) is 1.11. The van der Waals surface area contributed by atoms with Crippen LogP contribution in [0.5, 0.6) is 0 Å². The summed E-state index contributed by atoms with van der Waals surface area (Å²) in [6.07, 6.45) is 0. The van der Waals surface area contributed by atoms with Gasteiger partial charge in [0, 0.05) is 6.92 Å². The molecule has 5 nitrogen and oxygen atoms in total. The lowest BCUT2D eigenvalue weighted by Gasteiger charge is -2.09. The molecule has 0 fully saturated rings. The third-order valence-electron chi connectivity index (χ3n) is 2.09. The third kappa shape index (κ3) is 2.51. The van der Waals surface area contributed by atoms with Crippen molar-refractivity contribution in [2.24, 2.45) is 10.4 Å². The van der Waals surface area contributed by atoms with Crippen molar-refractivity contribution in [1.29, 1.82) is 0 Å². The summed E-state index contributed by atoms with van der Waals surface area (Å²) in [5.74, 6) is 0. The van der Waals surface area contributed by atoms with Crippen LogP contribution in [0.25, 0.3) is 4.85 Å². The Morgan fingerprint density at radius 3 is 2.47 bits per heavy atom. The molecule has 15 heavy (non-hydrogen) atoms. The van der Waals surface area contributed by atoms with Crippen molar-refractivity contribution in [3.63, 3.8) is 0 Å². The number of nitrogens with zero attached hydrogens (tertiary/aromatic N) is 3. The predicted octanol–water partition coefficient (Wildman–Crippen LogP) is 2.94. The van der Waals surface area contributed by atoms with Gasteiger partial charge in [0.15, 0.2) is 0 Å². The minimum Gasteiger partial charge on any atom is -0.279 e. The zero-order valence-corrected chi connectivity index (χ0v) is 8.51. The van der Waals surface area contributed by atoms with E-state index >= 15 is 0 Å². The van der Waals surface area contributed by atoms with E-state index in [9.17, 15) is 0 Å². The zero-order chi connectivity index (χ0) is 11.3. The second kappa shape index (κ2) is 4.53. The van der Waals surface area contributed by atoms with Crippen LogP contribution in [0.4, 0.5) is 0 Å². The van der Waals surface area contributed by atoms with Crippen LogP contribution in [0, 0.1) is 13.5 Å². The van der Waals surface area contributed by atoms with Gasteiger partial charge in [-0.2, -0.15) is 5.26 Å². The van der Waals surface area contributed by atoms with E-state index in [1.807, 2.05) is 19.1 Å². The molecule has 0 bridgehead atoms. The molecule has 0 saturated heterocycles. The molecular weight excluding hydrogens is 194 g/mol. The SMILES string of the molecule is [C-]#[N+]C(C)(N=NOO)c1ccc(C)cc1. The molecule has 0 spiro atoms. The van der Waals surface area contributed by atoms with Crippen LogP contribution in [0.2, 0.25) is 0 Å². The van der Waals surface area contributed by atoms with Crippen LogP contribution < -0.4 is 0 Å². The van der Waals surface area contributed by atoms with Gasteiger partial charge in [-0.3, -0.25) is 4.85 Å². The summed E-state index contributed by atoms with van der Waals surface area (Å²) in [4.78, 5) is 6.86. The highest BCUT2D eigenvalue weighted by Crippen LogP contribution is 2.27. The predicted molar refractivity (Wildman–Crippen MR) is 53.7 cm³/mol. The number of rotatable bonds is 3. The molecule has 1 unspecified atom stereocenters. The lowest BCUT2D eigenvalue weighted by Crippen LogP contribution is -2.12. The Balaban J connectivity index is 3.07. The molecule has 0 amide bonds. The van der Waals surface area contributed by atoms with Crippen LogP contribution in [-0.4, -0.2) is 5.26 Å². The summed E-state index contributed by atoms with van der Waals surface area (Å²) < 4.78 is 0. The molecule has 0 aliphatic carbocycles. The third-order valence-corrected chi connectivity index (χ3v) is 2.09. The summed E-state index contributed by atoms with van der Waals surface area (Å²) in [6, 6.07) is 7.36. The Hall–Kier alpha value is -1.93. The average Bonchev–Trinajstić information content (AvgIpc) is 2.27. The Kier molecular flexibility index (Phi) is 3.37. The second-order valence-electron chi connectivity index (χ2n) is 3.26. The minimum absolute atomic E-state index is 0.698. The van der Waals surface area contributed by atoms with Gasteiger partial charge in [0.05, 0.1) is 10.8 Å². The lowest BCUT2D eigenvalue weighted by molar-refractivity contribution is -0.252. The van der Waals surface area contributed by atoms with Crippen LogP contribution in [0.15, 0.2) is 34.7 Å². The van der Waals surface area contributed by atoms with Crippen molar-refractivity contribution in [2.75, 3.05) is 0 Å². The Morgan fingerprint density at radius 2 is 2.00 bits per heavy atom. The Labute approximate surface area is 87.7 Å². The first kappa shape index (κ1) is 11.1. The molecule has 1 rings (SSSR count). The van der Waals surface area contributed by atoms with Gasteiger partial charge in [-0.25, -0.2) is 11.6 Å². The van der Waals surface area contributed by atoms with Crippen LogP contribution in [0.1, 0.15) is 18.1 Å². The van der Waals surface area contributed by atoms with E-state index in [1.165, 1.54) is 0 Å². The maximum Gasteiger partial charge on any atom is 0.367 e. The fraction of sp³-hybridized carbons (Fsp3) is 0.300. The van der Waals surface area contributed by atoms with Crippen LogP contribution >= 0.6 is 0 Å². The van der Waals surface area contributed by atoms with Crippen LogP contribution in [-0.2, 0) is 10.7 Å². The average molecular weight is 205 g/mol. The van der Waals surface area contributed by atoms with Gasteiger partial charge in [-0.1, -0.05) is 22.8 Å². The molecule has 1 atom stereocenters. The normalized spacial score (nSPS) is 14.5. The summed E-state index contributed by atoms with van der Waals surface area (Å²) in [5, 5.41) is 14.6. The van der Waals surface area contributed by atoms with Crippen LogP contribution in [0.3, 0.4) is 0 Å². The van der Waals surface area contributed by atoms with Gasteiger partial charge in [-0.05, 0) is 19.1 Å². The number of benzene rings is 1. The van der Waals surface area contributed by atoms with E-state index in [2.05, 4.69) is 20.2 Å². The molecule has 0 aliphatic rings. The highest BCUT2D eigenvalue weighted by molar-refractivity contribution is 5.29. The van der Waals surface area contributed by atoms with Crippen molar-refractivity contribution in [1.82, 2.24) is 0 Å². The van der Waals surface area contributed by atoms with Gasteiger partial charge in [0.25, 0.3) is 0 Å². The van der Waals surface area contributed by atoms with Gasteiger partial charge < -0.3 is 0 Å². The highest BCUT2D eigenvalue weighted by atomic mass is 17.2. The molecule has 0 heterocycles. The molecule has 1 aromatic rings. The van der Waals surface area contributed by atoms with E-state index < -0.39 is 5.66 Å². The molecule has 0 saturated carbocycles. The maximum absolute atomic E-state index is 8.05. The van der Waals surface area contributed by atoms with Gasteiger partial charge in [0.1, 0.15) is 0 Å². The standard InChI is InChI=1S/C10H11N3O2/c1-8-4-6-9(7-5-8)10(2,11-3)12-13-15-14/h4-7,14H,1-2H3. The molecule has 1 aromatic carbocycles. The number of hydrogen-bond acceptors (Lipinski definition) is 4. The van der Waals surface area contributed by atoms with Crippen molar-refractivity contribution in [3.8, 4) is 0 Å². The molecular formula is C10H11N3O2. The van der Waals surface area contributed by atoms with Gasteiger partial charge >= 0.3 is 5.66 Å². The topological polar surface area (TPSA) is 58.5 Å². The maximum atomic E-state index is 8.05. The molecule has 0 aromatic heterocycles. The summed E-state index contributed by atoms with van der Waals surface area (Å²) in [7, 11) is 0. The first-order valence-corrected chi connectivity index (χ1v) is 4.31. The summed E-state index contributed by atoms with van der Waals surface area (Å²) in [5.41, 5.74) is 0.640. The van der Waals surface area contributed by atoms with Crippen molar-refractivity contribution in [2.45, 2.75) is 19.5 Å². The van der Waals surface area contributed by atoms with Gasteiger partial charge in [-0.15, -0.1) is 0 Å². The van der Waals surface area contributed by atoms with E-state index in [-0.39, 0.29) is 0 Å². The quantitative estimate of drug-likeness (QED) is 0.357. The first-order valence-electron chi connectivity index (χ1n) is 4.31. The lowest BCUT2D eigenvalue weighted by atomic mass is 10.0. The van der Waals surface area contributed by atoms with E-state index in [1.54, 1.807) is 19.1 Å². The summed E-state index contributed by atoms with van der Waals surface area (Å²) >= 11 is 0. The Bertz CT molecular complexity index is 394. The van der Waals surface area contributed by atoms with Crippen molar-refractivity contribution >= 4 is 0 Å².